The van der Waals surface area contributed by atoms with Crippen molar-refractivity contribution in [2.75, 3.05) is 0 Å². The summed E-state index contributed by atoms with van der Waals surface area (Å²) in [6.07, 6.45) is 0.211. The van der Waals surface area contributed by atoms with Crippen LogP contribution in [0.2, 0.25) is 0 Å². The summed E-state index contributed by atoms with van der Waals surface area (Å²) < 4.78 is 0. The van der Waals surface area contributed by atoms with Crippen LogP contribution in [0.4, 0.5) is 0 Å². The molecular formula is C14H18O3. The van der Waals surface area contributed by atoms with E-state index in [4.69, 9.17) is 5.11 Å². The number of aliphatic hydroxyl groups is 1. The molecule has 0 spiro atoms. The lowest BCUT2D eigenvalue weighted by atomic mass is 9.80. The second kappa shape index (κ2) is 4.49. The molecular weight excluding hydrogens is 216 g/mol. The number of benzene rings is 1. The van der Waals surface area contributed by atoms with Gasteiger partial charge in [0.1, 0.15) is 0 Å². The minimum atomic E-state index is -0.817. The maximum Gasteiger partial charge on any atom is 0.306 e. The van der Waals surface area contributed by atoms with Gasteiger partial charge in [-0.1, -0.05) is 32.0 Å². The highest BCUT2D eigenvalue weighted by atomic mass is 16.4. The molecule has 2 atom stereocenters. The van der Waals surface area contributed by atoms with E-state index in [1.54, 1.807) is 0 Å². The average molecular weight is 234 g/mol. The zero-order valence-corrected chi connectivity index (χ0v) is 10.2. The summed E-state index contributed by atoms with van der Waals surface area (Å²) in [7, 11) is 0. The normalized spacial score (nSPS) is 23.5. The molecule has 0 fully saturated rings. The molecule has 2 rings (SSSR count). The molecule has 1 aliphatic rings. The Morgan fingerprint density at radius 2 is 2.12 bits per heavy atom. The second-order valence-electron chi connectivity index (χ2n) is 5.10. The number of carbonyl (C=O) groups is 1. The van der Waals surface area contributed by atoms with Crippen LogP contribution in [0.3, 0.4) is 0 Å². The number of aliphatic hydroxyl groups excluding tert-OH is 1. The van der Waals surface area contributed by atoms with Crippen molar-refractivity contribution in [2.45, 2.75) is 38.7 Å². The molecule has 17 heavy (non-hydrogen) atoms. The Hall–Kier alpha value is -1.35. The highest BCUT2D eigenvalue weighted by Gasteiger charge is 2.30. The van der Waals surface area contributed by atoms with Gasteiger partial charge in [0.25, 0.3) is 0 Å². The first-order valence-corrected chi connectivity index (χ1v) is 6.02. The van der Waals surface area contributed by atoms with E-state index < -0.39 is 18.0 Å². The molecule has 1 aromatic carbocycles. The molecule has 0 bridgehead atoms. The van der Waals surface area contributed by atoms with Crippen LogP contribution in [0, 0.1) is 5.92 Å². The molecule has 0 aliphatic heterocycles. The molecule has 2 unspecified atom stereocenters. The molecule has 0 saturated heterocycles. The molecule has 0 amide bonds. The second-order valence-corrected chi connectivity index (χ2v) is 5.10. The van der Waals surface area contributed by atoms with Gasteiger partial charge < -0.3 is 10.2 Å². The van der Waals surface area contributed by atoms with Crippen molar-refractivity contribution in [1.29, 1.82) is 0 Å². The van der Waals surface area contributed by atoms with E-state index in [-0.39, 0.29) is 0 Å². The zero-order chi connectivity index (χ0) is 12.6. The van der Waals surface area contributed by atoms with Crippen molar-refractivity contribution in [2.24, 2.45) is 5.92 Å². The molecule has 0 saturated carbocycles. The topological polar surface area (TPSA) is 57.5 Å². The van der Waals surface area contributed by atoms with Crippen LogP contribution < -0.4 is 0 Å². The highest BCUT2D eigenvalue weighted by Crippen LogP contribution is 2.35. The van der Waals surface area contributed by atoms with Crippen molar-refractivity contribution in [3.63, 3.8) is 0 Å². The summed E-state index contributed by atoms with van der Waals surface area (Å²) >= 11 is 0. The number of hydrogen-bond donors (Lipinski definition) is 2. The molecule has 1 aromatic rings. The van der Waals surface area contributed by atoms with E-state index in [0.29, 0.717) is 18.8 Å². The van der Waals surface area contributed by atoms with Gasteiger partial charge in [-0.25, -0.2) is 0 Å². The van der Waals surface area contributed by atoms with Crippen molar-refractivity contribution in [3.05, 3.63) is 34.9 Å². The van der Waals surface area contributed by atoms with E-state index >= 15 is 0 Å². The van der Waals surface area contributed by atoms with Crippen molar-refractivity contribution in [1.82, 2.24) is 0 Å². The predicted molar refractivity (Wildman–Crippen MR) is 64.9 cm³/mol. The Labute approximate surface area is 101 Å². The lowest BCUT2D eigenvalue weighted by Gasteiger charge is -2.27. The maximum absolute atomic E-state index is 11.0. The lowest BCUT2D eigenvalue weighted by Crippen LogP contribution is -2.25. The summed E-state index contributed by atoms with van der Waals surface area (Å²) in [5.74, 6) is -0.852. The fourth-order valence-electron chi connectivity index (χ4n) is 2.40. The van der Waals surface area contributed by atoms with Gasteiger partial charge in [0.2, 0.25) is 0 Å². The van der Waals surface area contributed by atoms with Gasteiger partial charge >= 0.3 is 5.97 Å². The Morgan fingerprint density at radius 1 is 1.41 bits per heavy atom. The minimum Gasteiger partial charge on any atom is -0.481 e. The van der Waals surface area contributed by atoms with Crippen LogP contribution in [-0.4, -0.2) is 16.2 Å². The number of carboxylic acid groups (broad SMARTS) is 1. The smallest absolute Gasteiger partial charge is 0.306 e. The standard InChI is InChI=1S/C14H18O3/c1-8(2)9-3-4-10-5-11(14(16)17)7-13(15)12(10)6-9/h3-4,6,8,11,13,15H,5,7H2,1-2H3,(H,16,17). The fourth-order valence-corrected chi connectivity index (χ4v) is 2.40. The van der Waals surface area contributed by atoms with Gasteiger partial charge in [0, 0.05) is 0 Å². The van der Waals surface area contributed by atoms with Crippen molar-refractivity contribution < 1.29 is 15.0 Å². The molecule has 0 radical (unpaired) electrons. The highest BCUT2D eigenvalue weighted by molar-refractivity contribution is 5.71. The first-order valence-electron chi connectivity index (χ1n) is 6.02. The molecule has 2 N–H and O–H groups in total. The molecule has 1 aliphatic carbocycles. The molecule has 92 valence electrons. The van der Waals surface area contributed by atoms with E-state index in [1.165, 1.54) is 5.56 Å². The van der Waals surface area contributed by atoms with Crippen molar-refractivity contribution in [3.8, 4) is 0 Å². The van der Waals surface area contributed by atoms with Gasteiger partial charge in [-0.15, -0.1) is 0 Å². The van der Waals surface area contributed by atoms with E-state index in [9.17, 15) is 9.90 Å². The van der Waals surface area contributed by atoms with Gasteiger partial charge in [0.15, 0.2) is 0 Å². The SMILES string of the molecule is CC(C)c1ccc2c(c1)C(O)CC(C(=O)O)C2. The van der Waals surface area contributed by atoms with Gasteiger partial charge in [-0.3, -0.25) is 4.79 Å². The van der Waals surface area contributed by atoms with Gasteiger partial charge in [-0.05, 0) is 35.4 Å². The van der Waals surface area contributed by atoms with Gasteiger partial charge in [-0.2, -0.15) is 0 Å². The third-order valence-electron chi connectivity index (χ3n) is 3.52. The fraction of sp³-hybridized carbons (Fsp3) is 0.500. The molecule has 0 aromatic heterocycles. The van der Waals surface area contributed by atoms with Crippen LogP contribution in [0.1, 0.15) is 49.0 Å². The first kappa shape index (κ1) is 12.1. The third-order valence-corrected chi connectivity index (χ3v) is 3.52. The minimum absolute atomic E-state index is 0.323. The Morgan fingerprint density at radius 3 is 2.71 bits per heavy atom. The van der Waals surface area contributed by atoms with Crippen molar-refractivity contribution >= 4 is 5.97 Å². The summed E-state index contributed by atoms with van der Waals surface area (Å²) in [5.41, 5.74) is 3.07. The number of carboxylic acids is 1. The van der Waals surface area contributed by atoms with Crippen LogP contribution >= 0.6 is 0 Å². The maximum atomic E-state index is 11.0. The first-order chi connectivity index (χ1) is 7.99. The summed E-state index contributed by atoms with van der Waals surface area (Å²) in [4.78, 5) is 11.0. The largest absolute Gasteiger partial charge is 0.481 e. The van der Waals surface area contributed by atoms with Crippen LogP contribution in [-0.2, 0) is 11.2 Å². The molecule has 0 heterocycles. The number of rotatable bonds is 2. The number of fused-ring (bicyclic) bond motifs is 1. The predicted octanol–water partition coefficient (Wildman–Crippen LogP) is 2.49. The number of aliphatic carboxylic acids is 1. The molecule has 3 nitrogen and oxygen atoms in total. The number of hydrogen-bond acceptors (Lipinski definition) is 2. The molecule has 3 heteroatoms. The summed E-state index contributed by atoms with van der Waals surface area (Å²) in [6, 6.07) is 6.01. The zero-order valence-electron chi connectivity index (χ0n) is 10.2. The van der Waals surface area contributed by atoms with Gasteiger partial charge in [0.05, 0.1) is 12.0 Å². The Bertz CT molecular complexity index is 437. The van der Waals surface area contributed by atoms with E-state index in [0.717, 1.165) is 11.1 Å². The Kier molecular flexibility index (Phi) is 3.20. The van der Waals surface area contributed by atoms with E-state index in [1.807, 2.05) is 18.2 Å². The van der Waals surface area contributed by atoms with E-state index in [2.05, 4.69) is 13.8 Å². The summed E-state index contributed by atoms with van der Waals surface area (Å²) in [6.45, 7) is 4.22. The summed E-state index contributed by atoms with van der Waals surface area (Å²) in [5, 5.41) is 19.0. The third kappa shape index (κ3) is 2.34. The quantitative estimate of drug-likeness (QED) is 0.826. The average Bonchev–Trinajstić information content (AvgIpc) is 2.28. The Balaban J connectivity index is 2.35. The van der Waals surface area contributed by atoms with Crippen LogP contribution in [0.25, 0.3) is 0 Å². The lowest BCUT2D eigenvalue weighted by molar-refractivity contribution is -0.143. The monoisotopic (exact) mass is 234 g/mol. The van der Waals surface area contributed by atoms with Crippen LogP contribution in [0.5, 0.6) is 0 Å². The van der Waals surface area contributed by atoms with Crippen LogP contribution in [0.15, 0.2) is 18.2 Å².